The van der Waals surface area contributed by atoms with Crippen molar-refractivity contribution < 1.29 is 22.6 Å². The van der Waals surface area contributed by atoms with E-state index in [1.807, 2.05) is 6.07 Å². The van der Waals surface area contributed by atoms with Gasteiger partial charge < -0.3 is 16.0 Å². The van der Waals surface area contributed by atoms with Gasteiger partial charge in [0.25, 0.3) is 10.1 Å². The van der Waals surface area contributed by atoms with Gasteiger partial charge in [-0.15, -0.1) is 0 Å². The third kappa shape index (κ3) is 6.53. The second kappa shape index (κ2) is 9.90. The quantitative estimate of drug-likeness (QED) is 0.319. The first-order valence-electron chi connectivity index (χ1n) is 9.51. The molecule has 164 valence electrons. The molecule has 0 bridgehead atoms. The molecule has 0 atom stereocenters. The average molecular weight is 452 g/mol. The Morgan fingerprint density at radius 2 is 1.38 bits per heavy atom. The first-order valence-corrected chi connectivity index (χ1v) is 10.9. The summed E-state index contributed by atoms with van der Waals surface area (Å²) in [5.41, 5.74) is 2.40. The van der Waals surface area contributed by atoms with Crippen LogP contribution in [0.3, 0.4) is 0 Å². The molecule has 3 aromatic carbocycles. The number of hydrogen-bond acceptors (Lipinski definition) is 4. The molecular formula is C23H21N3O5S. The number of urea groups is 1. The van der Waals surface area contributed by atoms with E-state index < -0.39 is 16.1 Å². The lowest BCUT2D eigenvalue weighted by Gasteiger charge is -2.10. The van der Waals surface area contributed by atoms with Gasteiger partial charge in [-0.05, 0) is 47.5 Å². The summed E-state index contributed by atoms with van der Waals surface area (Å²) in [5, 5.41) is 7.82. The number of carbonyl (C=O) groups excluding carboxylic acids is 2. The van der Waals surface area contributed by atoms with E-state index in [9.17, 15) is 22.6 Å². The van der Waals surface area contributed by atoms with Crippen molar-refractivity contribution in [2.75, 3.05) is 16.0 Å². The van der Waals surface area contributed by atoms with E-state index in [-0.39, 0.29) is 22.1 Å². The molecule has 0 heterocycles. The number of carbonyl (C=O) groups is 2. The third-order valence-electron chi connectivity index (χ3n) is 4.27. The Kier molecular flexibility index (Phi) is 7.04. The minimum absolute atomic E-state index is 0.183. The zero-order valence-corrected chi connectivity index (χ0v) is 17.9. The molecule has 0 aliphatic heterocycles. The van der Waals surface area contributed by atoms with Crippen LogP contribution >= 0.6 is 0 Å². The van der Waals surface area contributed by atoms with E-state index in [0.717, 1.165) is 5.56 Å². The van der Waals surface area contributed by atoms with Crippen LogP contribution in [0.5, 0.6) is 0 Å². The maximum absolute atomic E-state index is 12.2. The molecule has 3 rings (SSSR count). The Balaban J connectivity index is 1.78. The van der Waals surface area contributed by atoms with Gasteiger partial charge in [-0.1, -0.05) is 48.6 Å². The summed E-state index contributed by atoms with van der Waals surface area (Å²) < 4.78 is 33.4. The fourth-order valence-corrected chi connectivity index (χ4v) is 3.56. The minimum Gasteiger partial charge on any atom is -0.326 e. The molecule has 0 aliphatic rings. The molecule has 0 fully saturated rings. The van der Waals surface area contributed by atoms with Crippen LogP contribution in [0.1, 0.15) is 18.1 Å². The van der Waals surface area contributed by atoms with Gasteiger partial charge in [0.15, 0.2) is 0 Å². The predicted molar refractivity (Wildman–Crippen MR) is 125 cm³/mol. The molecule has 32 heavy (non-hydrogen) atoms. The van der Waals surface area contributed by atoms with Crippen LogP contribution in [0.15, 0.2) is 77.7 Å². The van der Waals surface area contributed by atoms with Crippen LogP contribution in [0.4, 0.5) is 21.9 Å². The number of amides is 3. The molecule has 3 aromatic rings. The predicted octanol–water partition coefficient (Wildman–Crippen LogP) is 4.71. The molecular weight excluding hydrogens is 430 g/mol. The molecule has 9 heteroatoms. The molecule has 4 N–H and O–H groups in total. The molecule has 0 saturated carbocycles. The van der Waals surface area contributed by atoms with Crippen molar-refractivity contribution in [3.8, 4) is 0 Å². The van der Waals surface area contributed by atoms with Crippen LogP contribution in [0.25, 0.3) is 12.2 Å². The van der Waals surface area contributed by atoms with Crippen molar-refractivity contribution in [1.82, 2.24) is 0 Å². The molecule has 0 saturated heterocycles. The summed E-state index contributed by atoms with van der Waals surface area (Å²) in [6.07, 6.45) is 3.20. The number of nitrogens with one attached hydrogen (secondary N) is 3. The Morgan fingerprint density at radius 3 is 2.00 bits per heavy atom. The molecule has 8 nitrogen and oxygen atoms in total. The Bertz CT molecular complexity index is 1250. The zero-order chi connectivity index (χ0) is 23.1. The van der Waals surface area contributed by atoms with E-state index >= 15 is 0 Å². The van der Waals surface area contributed by atoms with Gasteiger partial charge in [0.05, 0.1) is 0 Å². The standard InChI is InChI=1S/C23H21N3O5S/c1-16(27)24-20-12-8-17(9-13-20)7-10-18-11-14-21(15-22(18)32(29,30)31)26-23(28)25-19-5-3-2-4-6-19/h2-15H,1H3,(H,24,27)(H2,25,26,28)(H,29,30,31)/b10-7+. The highest BCUT2D eigenvalue weighted by Gasteiger charge is 2.16. The summed E-state index contributed by atoms with van der Waals surface area (Å²) in [6.45, 7) is 1.41. The van der Waals surface area contributed by atoms with Gasteiger partial charge in [-0.3, -0.25) is 9.35 Å². The summed E-state index contributed by atoms with van der Waals surface area (Å²) in [6, 6.07) is 19.3. The number of hydrogen-bond donors (Lipinski definition) is 4. The van der Waals surface area contributed by atoms with E-state index in [2.05, 4.69) is 16.0 Å². The van der Waals surface area contributed by atoms with Gasteiger partial charge >= 0.3 is 6.03 Å². The first kappa shape index (κ1) is 22.7. The van der Waals surface area contributed by atoms with Crippen molar-refractivity contribution in [3.05, 3.63) is 83.9 Å². The van der Waals surface area contributed by atoms with Gasteiger partial charge in [-0.25, -0.2) is 4.79 Å². The Hall–Kier alpha value is -3.95. The van der Waals surface area contributed by atoms with Crippen molar-refractivity contribution in [2.45, 2.75) is 11.8 Å². The van der Waals surface area contributed by atoms with Crippen LogP contribution in [-0.2, 0) is 14.9 Å². The zero-order valence-electron chi connectivity index (χ0n) is 17.1. The minimum atomic E-state index is -4.55. The number of rotatable bonds is 6. The maximum atomic E-state index is 12.2. The first-order chi connectivity index (χ1) is 15.2. The van der Waals surface area contributed by atoms with Gasteiger partial charge in [-0.2, -0.15) is 8.42 Å². The fraction of sp³-hybridized carbons (Fsp3) is 0.0435. The van der Waals surface area contributed by atoms with E-state index in [1.54, 1.807) is 54.6 Å². The molecule has 0 spiro atoms. The summed E-state index contributed by atoms with van der Waals surface area (Å²) in [4.78, 5) is 22.9. The maximum Gasteiger partial charge on any atom is 0.323 e. The van der Waals surface area contributed by atoms with E-state index in [0.29, 0.717) is 11.4 Å². The monoisotopic (exact) mass is 451 g/mol. The van der Waals surface area contributed by atoms with Crippen LogP contribution < -0.4 is 16.0 Å². The van der Waals surface area contributed by atoms with Crippen molar-refractivity contribution >= 4 is 51.3 Å². The summed E-state index contributed by atoms with van der Waals surface area (Å²) >= 11 is 0. The molecule has 3 amide bonds. The average Bonchev–Trinajstić information content (AvgIpc) is 2.73. The van der Waals surface area contributed by atoms with Crippen molar-refractivity contribution in [1.29, 1.82) is 0 Å². The molecule has 0 unspecified atom stereocenters. The lowest BCUT2D eigenvalue weighted by molar-refractivity contribution is -0.114. The molecule has 0 radical (unpaired) electrons. The molecule has 0 aliphatic carbocycles. The smallest absolute Gasteiger partial charge is 0.323 e. The Morgan fingerprint density at radius 1 is 0.781 bits per heavy atom. The lowest BCUT2D eigenvalue weighted by Crippen LogP contribution is -2.19. The summed E-state index contributed by atoms with van der Waals surface area (Å²) in [7, 11) is -4.55. The van der Waals surface area contributed by atoms with Crippen LogP contribution in [0, 0.1) is 0 Å². The largest absolute Gasteiger partial charge is 0.326 e. The highest BCUT2D eigenvalue weighted by atomic mass is 32.2. The highest BCUT2D eigenvalue weighted by Crippen LogP contribution is 2.23. The fourth-order valence-electron chi connectivity index (χ4n) is 2.85. The molecule has 0 aromatic heterocycles. The van der Waals surface area contributed by atoms with Crippen molar-refractivity contribution in [2.24, 2.45) is 0 Å². The van der Waals surface area contributed by atoms with Crippen LogP contribution in [-0.4, -0.2) is 24.9 Å². The highest BCUT2D eigenvalue weighted by molar-refractivity contribution is 7.86. The van der Waals surface area contributed by atoms with Gasteiger partial charge in [0.2, 0.25) is 5.91 Å². The SMILES string of the molecule is CC(=O)Nc1ccc(/C=C/c2ccc(NC(=O)Nc3ccccc3)cc2S(=O)(=O)O)cc1. The van der Waals surface area contributed by atoms with Gasteiger partial charge in [0, 0.05) is 24.0 Å². The van der Waals surface area contributed by atoms with E-state index in [1.165, 1.54) is 31.2 Å². The summed E-state index contributed by atoms with van der Waals surface area (Å²) in [5.74, 6) is -0.183. The van der Waals surface area contributed by atoms with E-state index in [4.69, 9.17) is 0 Å². The number of para-hydroxylation sites is 1. The normalized spacial score (nSPS) is 11.2. The Labute approximate surface area is 185 Å². The topological polar surface area (TPSA) is 125 Å². The lowest BCUT2D eigenvalue weighted by atomic mass is 10.1. The van der Waals surface area contributed by atoms with Gasteiger partial charge in [0.1, 0.15) is 4.90 Å². The second-order valence-corrected chi connectivity index (χ2v) is 8.20. The third-order valence-corrected chi connectivity index (χ3v) is 5.18. The second-order valence-electron chi connectivity index (χ2n) is 6.81. The van der Waals surface area contributed by atoms with Crippen LogP contribution in [0.2, 0.25) is 0 Å². The number of benzene rings is 3. The van der Waals surface area contributed by atoms with Crippen molar-refractivity contribution in [3.63, 3.8) is 0 Å². The number of anilines is 3.